The van der Waals surface area contributed by atoms with E-state index in [-0.39, 0.29) is 5.78 Å². The number of nitrogens with zero attached hydrogens (tertiary/aromatic N) is 1. The Morgan fingerprint density at radius 2 is 2.08 bits per heavy atom. The summed E-state index contributed by atoms with van der Waals surface area (Å²) in [7, 11) is 1.58. The van der Waals surface area contributed by atoms with Gasteiger partial charge in [0, 0.05) is 24.5 Å². The summed E-state index contributed by atoms with van der Waals surface area (Å²) in [5.74, 6) is 1.76. The second kappa shape index (κ2) is 10.0. The minimum absolute atomic E-state index is 0.222. The van der Waals surface area contributed by atoms with Gasteiger partial charge in [0.15, 0.2) is 0 Å². The number of carbonyl (C=O) groups excluding carboxylic acids is 1. The fraction of sp³-hybridized carbons (Fsp3) is 0.650. The van der Waals surface area contributed by atoms with Gasteiger partial charge in [0.2, 0.25) is 0 Å². The first-order chi connectivity index (χ1) is 12.0. The number of nitrogens with two attached hydrogens (primary N) is 1. The predicted molar refractivity (Wildman–Crippen MR) is 104 cm³/mol. The van der Waals surface area contributed by atoms with Crippen LogP contribution in [0.15, 0.2) is 12.1 Å². The molecule has 0 radical (unpaired) electrons. The Morgan fingerprint density at radius 3 is 2.72 bits per heavy atom. The van der Waals surface area contributed by atoms with Crippen molar-refractivity contribution in [2.24, 2.45) is 5.92 Å². The van der Waals surface area contributed by atoms with Gasteiger partial charge in [-0.15, -0.1) is 0 Å². The van der Waals surface area contributed by atoms with Gasteiger partial charge in [0.1, 0.15) is 11.5 Å². The second-order valence-electron chi connectivity index (χ2n) is 7.08. The molecule has 1 saturated heterocycles. The number of hydrogen-bond acceptors (Lipinski definition) is 4. The molecule has 2 N–H and O–H groups in total. The highest BCUT2D eigenvalue weighted by atomic mass is 35.5. The third kappa shape index (κ3) is 6.19. The topological polar surface area (TPSA) is 55.6 Å². The molecule has 4 nitrogen and oxygen atoms in total. The van der Waals surface area contributed by atoms with Crippen molar-refractivity contribution >= 4 is 23.1 Å². The van der Waals surface area contributed by atoms with Gasteiger partial charge in [-0.25, -0.2) is 0 Å². The van der Waals surface area contributed by atoms with Crippen LogP contribution in [0.4, 0.5) is 5.69 Å². The summed E-state index contributed by atoms with van der Waals surface area (Å²) in [6.45, 7) is 5.64. The van der Waals surface area contributed by atoms with E-state index in [1.165, 1.54) is 38.8 Å². The van der Waals surface area contributed by atoms with E-state index in [0.29, 0.717) is 29.3 Å². The first-order valence-electron chi connectivity index (χ1n) is 9.39. The quantitative estimate of drug-likeness (QED) is 0.660. The van der Waals surface area contributed by atoms with Crippen molar-refractivity contribution in [1.82, 2.24) is 4.90 Å². The lowest BCUT2D eigenvalue weighted by molar-refractivity contribution is -0.118. The Kier molecular flexibility index (Phi) is 8.04. The molecule has 0 bridgehead atoms. The van der Waals surface area contributed by atoms with Crippen molar-refractivity contribution in [3.05, 3.63) is 22.7 Å². The van der Waals surface area contributed by atoms with Crippen molar-refractivity contribution in [3.63, 3.8) is 0 Å². The molecule has 0 aromatic heterocycles. The maximum atomic E-state index is 12.3. The molecule has 2 rings (SSSR count). The van der Waals surface area contributed by atoms with Crippen molar-refractivity contribution in [1.29, 1.82) is 0 Å². The van der Waals surface area contributed by atoms with E-state index < -0.39 is 0 Å². The smallest absolute Gasteiger partial charge is 0.137 e. The number of rotatable bonds is 9. The summed E-state index contributed by atoms with van der Waals surface area (Å²) in [5, 5.41) is 0.471. The molecular formula is C20H31ClN2O2. The van der Waals surface area contributed by atoms with Crippen molar-refractivity contribution in [2.45, 2.75) is 51.9 Å². The average molecular weight is 367 g/mol. The predicted octanol–water partition coefficient (Wildman–Crippen LogP) is 4.33. The van der Waals surface area contributed by atoms with Crippen LogP contribution in [0.1, 0.15) is 51.0 Å². The maximum Gasteiger partial charge on any atom is 0.137 e. The zero-order valence-corrected chi connectivity index (χ0v) is 16.3. The molecule has 1 heterocycles. The Bertz CT molecular complexity index is 569. The van der Waals surface area contributed by atoms with Gasteiger partial charge < -0.3 is 15.4 Å². The fourth-order valence-electron chi connectivity index (χ4n) is 3.65. The maximum absolute atomic E-state index is 12.3. The Hall–Kier alpha value is -1.26. The lowest BCUT2D eigenvalue weighted by Crippen LogP contribution is -2.34. The van der Waals surface area contributed by atoms with Gasteiger partial charge in [-0.05, 0) is 50.9 Å². The van der Waals surface area contributed by atoms with Crippen molar-refractivity contribution in [3.8, 4) is 5.75 Å². The summed E-state index contributed by atoms with van der Waals surface area (Å²) < 4.78 is 5.31. The largest absolute Gasteiger partial charge is 0.496 e. The molecule has 0 atom stereocenters. The third-order valence-electron chi connectivity index (χ3n) is 5.12. The molecule has 0 unspecified atom stereocenters. The average Bonchev–Trinajstić information content (AvgIpc) is 2.59. The molecule has 1 aliphatic heterocycles. The van der Waals surface area contributed by atoms with E-state index in [0.717, 1.165) is 24.4 Å². The Morgan fingerprint density at radius 1 is 1.36 bits per heavy atom. The molecule has 1 aromatic carbocycles. The van der Waals surface area contributed by atoms with Gasteiger partial charge in [0.25, 0.3) is 0 Å². The number of nitrogen functional groups attached to an aromatic ring is 1. The molecule has 1 aliphatic rings. The van der Waals surface area contributed by atoms with Gasteiger partial charge in [0.05, 0.1) is 17.8 Å². The lowest BCUT2D eigenvalue weighted by atomic mass is 9.92. The van der Waals surface area contributed by atoms with Gasteiger partial charge >= 0.3 is 0 Å². The number of anilines is 1. The second-order valence-corrected chi connectivity index (χ2v) is 7.49. The number of likely N-dealkylation sites (tertiary alicyclic amines) is 1. The van der Waals surface area contributed by atoms with Crippen LogP contribution in [0.5, 0.6) is 5.75 Å². The van der Waals surface area contributed by atoms with Crippen LogP contribution in [0.2, 0.25) is 5.02 Å². The van der Waals surface area contributed by atoms with Crippen LogP contribution in [-0.2, 0) is 11.2 Å². The van der Waals surface area contributed by atoms with E-state index in [1.807, 2.05) is 0 Å². The van der Waals surface area contributed by atoms with Crippen LogP contribution in [0.3, 0.4) is 0 Å². The van der Waals surface area contributed by atoms with Crippen LogP contribution in [0.25, 0.3) is 0 Å². The summed E-state index contributed by atoms with van der Waals surface area (Å²) >= 11 is 6.07. The van der Waals surface area contributed by atoms with Crippen LogP contribution < -0.4 is 10.5 Å². The number of halogens is 1. The zero-order valence-electron chi connectivity index (χ0n) is 15.5. The lowest BCUT2D eigenvalue weighted by Gasteiger charge is -2.31. The number of methoxy groups -OCH3 is 1. The molecule has 1 aromatic rings. The number of Topliss-reactive ketones (excluding diaryl/α,β-unsaturated/α-hetero) is 1. The first kappa shape index (κ1) is 20.1. The van der Waals surface area contributed by atoms with E-state index in [2.05, 4.69) is 11.8 Å². The molecule has 0 aliphatic carbocycles. The number of benzene rings is 1. The molecular weight excluding hydrogens is 336 g/mol. The summed E-state index contributed by atoms with van der Waals surface area (Å²) in [6.07, 6.45) is 7.13. The number of ketones is 1. The minimum Gasteiger partial charge on any atom is -0.496 e. The molecule has 5 heteroatoms. The monoisotopic (exact) mass is 366 g/mol. The summed E-state index contributed by atoms with van der Waals surface area (Å²) in [6, 6.07) is 3.43. The molecule has 1 fully saturated rings. The molecule has 25 heavy (non-hydrogen) atoms. The van der Waals surface area contributed by atoms with E-state index in [1.54, 1.807) is 19.2 Å². The molecule has 0 saturated carbocycles. The minimum atomic E-state index is 0.222. The third-order valence-corrected chi connectivity index (χ3v) is 5.45. The van der Waals surface area contributed by atoms with Crippen LogP contribution >= 0.6 is 11.6 Å². The number of ether oxygens (including phenoxy) is 1. The van der Waals surface area contributed by atoms with E-state index >= 15 is 0 Å². The van der Waals surface area contributed by atoms with E-state index in [9.17, 15) is 4.79 Å². The van der Waals surface area contributed by atoms with E-state index in [4.69, 9.17) is 22.1 Å². The standard InChI is InChI=1S/C20H31ClN2O2/c1-3-5-15-7-10-23(11-8-15)9-4-6-17(24)12-16-13-18(21)19(22)14-20(16)25-2/h13-15H,3-12,22H2,1-2H3. The molecule has 140 valence electrons. The SMILES string of the molecule is CCCC1CCN(CCCC(=O)Cc2cc(Cl)c(N)cc2OC)CC1. The Labute approximate surface area is 156 Å². The molecule has 0 spiro atoms. The highest BCUT2D eigenvalue weighted by molar-refractivity contribution is 6.33. The first-order valence-corrected chi connectivity index (χ1v) is 9.77. The molecule has 0 amide bonds. The van der Waals surface area contributed by atoms with Crippen LogP contribution in [0, 0.1) is 5.92 Å². The highest BCUT2D eigenvalue weighted by Gasteiger charge is 2.18. The van der Waals surface area contributed by atoms with Gasteiger partial charge in [-0.3, -0.25) is 4.79 Å². The van der Waals surface area contributed by atoms with Gasteiger partial charge in [-0.2, -0.15) is 0 Å². The fourth-order valence-corrected chi connectivity index (χ4v) is 3.83. The number of carbonyl (C=O) groups is 1. The van der Waals surface area contributed by atoms with Crippen molar-refractivity contribution in [2.75, 3.05) is 32.5 Å². The Balaban J connectivity index is 1.74. The number of piperidine rings is 1. The number of hydrogen-bond donors (Lipinski definition) is 1. The van der Waals surface area contributed by atoms with Crippen LogP contribution in [-0.4, -0.2) is 37.4 Å². The highest BCUT2D eigenvalue weighted by Crippen LogP contribution is 2.29. The normalized spacial score (nSPS) is 16.1. The zero-order chi connectivity index (χ0) is 18.2. The van der Waals surface area contributed by atoms with Crippen molar-refractivity contribution < 1.29 is 9.53 Å². The summed E-state index contributed by atoms with van der Waals surface area (Å²) in [5.41, 5.74) is 7.07. The summed E-state index contributed by atoms with van der Waals surface area (Å²) in [4.78, 5) is 14.8. The van der Waals surface area contributed by atoms with Gasteiger partial charge in [-0.1, -0.05) is 31.4 Å².